The molecule has 6 heteroatoms. The van der Waals surface area contributed by atoms with Crippen LogP contribution in [0.2, 0.25) is 4.34 Å². The van der Waals surface area contributed by atoms with Crippen molar-refractivity contribution in [2.45, 2.75) is 13.0 Å². The lowest BCUT2D eigenvalue weighted by atomic mass is 10.4. The molecule has 0 radical (unpaired) electrons. The number of aromatic nitrogens is 2. The molecule has 0 aromatic carbocycles. The highest BCUT2D eigenvalue weighted by Gasteiger charge is 2.10. The summed E-state index contributed by atoms with van der Waals surface area (Å²) in [5.41, 5.74) is 5.70. The zero-order chi connectivity index (χ0) is 10.1. The van der Waals surface area contributed by atoms with E-state index in [4.69, 9.17) is 17.3 Å². The molecule has 1 unspecified atom stereocenters. The Kier molecular flexibility index (Phi) is 2.83. The van der Waals surface area contributed by atoms with Gasteiger partial charge in [-0.05, 0) is 19.1 Å². The topological polar surface area (TPSA) is 51.8 Å². The highest BCUT2D eigenvalue weighted by atomic mass is 35.5. The molecule has 0 spiro atoms. The summed E-state index contributed by atoms with van der Waals surface area (Å²) >= 11 is 8.84. The molecule has 3 nitrogen and oxygen atoms in total. The highest BCUT2D eigenvalue weighted by Crippen LogP contribution is 2.33. The van der Waals surface area contributed by atoms with Gasteiger partial charge in [0.05, 0.1) is 15.3 Å². The molecule has 0 amide bonds. The molecule has 0 saturated carbocycles. The van der Waals surface area contributed by atoms with Crippen LogP contribution in [0.1, 0.15) is 18.0 Å². The van der Waals surface area contributed by atoms with Crippen molar-refractivity contribution in [3.8, 4) is 9.88 Å². The fraction of sp³-hybridized carbons (Fsp3) is 0.250. The monoisotopic (exact) mass is 245 g/mol. The average molecular weight is 246 g/mol. The zero-order valence-electron chi connectivity index (χ0n) is 7.40. The van der Waals surface area contributed by atoms with Gasteiger partial charge in [0.15, 0.2) is 5.01 Å². The van der Waals surface area contributed by atoms with Crippen molar-refractivity contribution in [2.75, 3.05) is 0 Å². The average Bonchev–Trinajstić information content (AvgIpc) is 2.70. The number of nitrogens with two attached hydrogens (primary N) is 1. The first-order valence-corrected chi connectivity index (χ1v) is 6.02. The van der Waals surface area contributed by atoms with E-state index >= 15 is 0 Å². The Morgan fingerprint density at radius 2 is 2.14 bits per heavy atom. The van der Waals surface area contributed by atoms with Gasteiger partial charge in [0.1, 0.15) is 5.01 Å². The first-order chi connectivity index (χ1) is 6.66. The maximum absolute atomic E-state index is 5.83. The Morgan fingerprint density at radius 3 is 2.64 bits per heavy atom. The Labute approximate surface area is 94.6 Å². The highest BCUT2D eigenvalue weighted by molar-refractivity contribution is 7.23. The van der Waals surface area contributed by atoms with Crippen LogP contribution in [0.4, 0.5) is 0 Å². The zero-order valence-corrected chi connectivity index (χ0v) is 9.79. The summed E-state index contributed by atoms with van der Waals surface area (Å²) in [5, 5.41) is 9.80. The molecule has 0 aliphatic heterocycles. The SMILES string of the molecule is CC(N)c1nnc(-c2ccc(Cl)s2)s1. The van der Waals surface area contributed by atoms with E-state index in [1.165, 1.54) is 22.7 Å². The van der Waals surface area contributed by atoms with E-state index in [1.807, 2.05) is 19.1 Å². The molecule has 0 fully saturated rings. The molecule has 14 heavy (non-hydrogen) atoms. The van der Waals surface area contributed by atoms with E-state index in [2.05, 4.69) is 10.2 Å². The van der Waals surface area contributed by atoms with Crippen LogP contribution in [-0.4, -0.2) is 10.2 Å². The Balaban J connectivity index is 2.33. The van der Waals surface area contributed by atoms with Gasteiger partial charge in [-0.2, -0.15) is 0 Å². The lowest BCUT2D eigenvalue weighted by Crippen LogP contribution is -2.03. The molecule has 0 aliphatic carbocycles. The number of hydrogen-bond acceptors (Lipinski definition) is 5. The fourth-order valence-electron chi connectivity index (χ4n) is 0.947. The van der Waals surface area contributed by atoms with Gasteiger partial charge in [0, 0.05) is 0 Å². The quantitative estimate of drug-likeness (QED) is 0.885. The van der Waals surface area contributed by atoms with Crippen LogP contribution in [0.3, 0.4) is 0 Å². The first kappa shape index (κ1) is 10.0. The second-order valence-corrected chi connectivity index (χ2v) is 5.56. The van der Waals surface area contributed by atoms with Gasteiger partial charge in [-0.25, -0.2) is 0 Å². The van der Waals surface area contributed by atoms with E-state index in [9.17, 15) is 0 Å². The van der Waals surface area contributed by atoms with Crippen LogP contribution >= 0.6 is 34.3 Å². The number of rotatable bonds is 2. The fourth-order valence-corrected chi connectivity index (χ4v) is 2.84. The Hall–Kier alpha value is -0.490. The molecule has 2 heterocycles. The lowest BCUT2D eigenvalue weighted by molar-refractivity contribution is 0.786. The van der Waals surface area contributed by atoms with E-state index in [0.29, 0.717) is 0 Å². The minimum atomic E-state index is -0.0586. The second kappa shape index (κ2) is 3.94. The first-order valence-electron chi connectivity index (χ1n) is 4.01. The van der Waals surface area contributed by atoms with Gasteiger partial charge in [-0.15, -0.1) is 21.5 Å². The summed E-state index contributed by atoms with van der Waals surface area (Å²) in [6.45, 7) is 1.89. The maximum Gasteiger partial charge on any atom is 0.157 e. The van der Waals surface area contributed by atoms with Crippen LogP contribution in [0.25, 0.3) is 9.88 Å². The van der Waals surface area contributed by atoms with Crippen molar-refractivity contribution in [3.05, 3.63) is 21.5 Å². The molecule has 0 aliphatic rings. The smallest absolute Gasteiger partial charge is 0.157 e. The molecule has 74 valence electrons. The van der Waals surface area contributed by atoms with Crippen molar-refractivity contribution in [1.29, 1.82) is 0 Å². The van der Waals surface area contributed by atoms with Crippen LogP contribution in [0, 0.1) is 0 Å². The lowest BCUT2D eigenvalue weighted by Gasteiger charge is -1.94. The van der Waals surface area contributed by atoms with E-state index in [0.717, 1.165) is 19.2 Å². The minimum absolute atomic E-state index is 0.0586. The molecule has 0 bridgehead atoms. The Morgan fingerprint density at radius 1 is 1.36 bits per heavy atom. The maximum atomic E-state index is 5.83. The molecule has 2 aromatic heterocycles. The number of hydrogen-bond donors (Lipinski definition) is 1. The largest absolute Gasteiger partial charge is 0.322 e. The van der Waals surface area contributed by atoms with Gasteiger partial charge < -0.3 is 5.73 Å². The van der Waals surface area contributed by atoms with Crippen molar-refractivity contribution in [1.82, 2.24) is 10.2 Å². The third-order valence-corrected chi connectivity index (χ3v) is 4.14. The van der Waals surface area contributed by atoms with Crippen LogP contribution in [0.15, 0.2) is 12.1 Å². The predicted molar refractivity (Wildman–Crippen MR) is 60.8 cm³/mol. The van der Waals surface area contributed by atoms with Crippen molar-refractivity contribution in [2.24, 2.45) is 5.73 Å². The summed E-state index contributed by atoms with van der Waals surface area (Å²) in [6.07, 6.45) is 0. The second-order valence-electron chi connectivity index (χ2n) is 2.84. The van der Waals surface area contributed by atoms with E-state index in [-0.39, 0.29) is 6.04 Å². The van der Waals surface area contributed by atoms with Crippen LogP contribution in [0.5, 0.6) is 0 Å². The predicted octanol–water partition coefficient (Wildman–Crippen LogP) is 2.94. The van der Waals surface area contributed by atoms with E-state index < -0.39 is 0 Å². The molecule has 2 N–H and O–H groups in total. The summed E-state index contributed by atoms with van der Waals surface area (Å²) in [5.74, 6) is 0. The van der Waals surface area contributed by atoms with Gasteiger partial charge in [-0.1, -0.05) is 22.9 Å². The minimum Gasteiger partial charge on any atom is -0.322 e. The normalized spacial score (nSPS) is 13.1. The standard InChI is InChI=1S/C8H8ClN3S2/c1-4(10)7-11-12-8(14-7)5-2-3-6(9)13-5/h2-4H,10H2,1H3. The van der Waals surface area contributed by atoms with Crippen molar-refractivity contribution < 1.29 is 0 Å². The molecular formula is C8H8ClN3S2. The number of thiophene rings is 1. The number of nitrogens with zero attached hydrogens (tertiary/aromatic N) is 2. The molecule has 2 rings (SSSR count). The summed E-state index contributed by atoms with van der Waals surface area (Å²) in [7, 11) is 0. The van der Waals surface area contributed by atoms with Gasteiger partial charge in [0.25, 0.3) is 0 Å². The van der Waals surface area contributed by atoms with E-state index in [1.54, 1.807) is 0 Å². The third kappa shape index (κ3) is 1.95. The third-order valence-electron chi connectivity index (χ3n) is 1.61. The molecular weight excluding hydrogens is 238 g/mol. The van der Waals surface area contributed by atoms with Crippen LogP contribution in [-0.2, 0) is 0 Å². The molecule has 2 aromatic rings. The summed E-state index contributed by atoms with van der Waals surface area (Å²) < 4.78 is 0.762. The Bertz CT molecular complexity index is 435. The molecule has 0 saturated heterocycles. The van der Waals surface area contributed by atoms with Crippen LogP contribution < -0.4 is 5.73 Å². The molecule has 1 atom stereocenters. The number of halogens is 1. The summed E-state index contributed by atoms with van der Waals surface area (Å²) in [6, 6.07) is 3.74. The van der Waals surface area contributed by atoms with Crippen molar-refractivity contribution in [3.63, 3.8) is 0 Å². The van der Waals surface area contributed by atoms with Crippen molar-refractivity contribution >= 4 is 34.3 Å². The van der Waals surface area contributed by atoms with Gasteiger partial charge in [0.2, 0.25) is 0 Å². The summed E-state index contributed by atoms with van der Waals surface area (Å²) in [4.78, 5) is 1.04. The van der Waals surface area contributed by atoms with Gasteiger partial charge >= 0.3 is 0 Å². The van der Waals surface area contributed by atoms with Gasteiger partial charge in [-0.3, -0.25) is 0 Å².